The van der Waals surface area contributed by atoms with Gasteiger partial charge in [0.1, 0.15) is 6.04 Å². The molecule has 186 valence electrons. The first-order valence-corrected chi connectivity index (χ1v) is 12.5. The molecule has 0 spiro atoms. The molecule has 0 saturated carbocycles. The van der Waals surface area contributed by atoms with Crippen LogP contribution in [0.1, 0.15) is 45.6 Å². The molecule has 0 unspecified atom stereocenters. The van der Waals surface area contributed by atoms with E-state index in [0.29, 0.717) is 6.54 Å². The van der Waals surface area contributed by atoms with Gasteiger partial charge >= 0.3 is 0 Å². The van der Waals surface area contributed by atoms with E-state index in [-0.39, 0.29) is 36.2 Å². The first-order valence-electron chi connectivity index (χ1n) is 12.5. The number of nitrogens with zero attached hydrogens (tertiary/aromatic N) is 1. The minimum atomic E-state index is -0.765. The summed E-state index contributed by atoms with van der Waals surface area (Å²) in [4.78, 5) is 42.1. The number of amides is 3. The van der Waals surface area contributed by atoms with Gasteiger partial charge in [0.15, 0.2) is 0 Å². The van der Waals surface area contributed by atoms with E-state index in [9.17, 15) is 19.5 Å². The fraction of sp³-hybridized carbons (Fsp3) is 0.593. The molecule has 0 radical (unpaired) electrons. The molecule has 7 atom stereocenters. The third-order valence-electron chi connectivity index (χ3n) is 7.64. The molecular formula is C27H39N3O4. The summed E-state index contributed by atoms with van der Waals surface area (Å²) in [6.45, 7) is 6.18. The molecule has 0 aromatic heterocycles. The van der Waals surface area contributed by atoms with E-state index in [1.807, 2.05) is 56.3 Å². The standard InChI is InChI=1S/C27H39N3O4/c1-5-10-19-13-14-20-23(22(19)25(32)28-4)27(34)30(21(16-31)17(3)6-2)24(20)26(33)29-15-18-11-8-7-9-12-18/h7-9,11-14,17,19-24,31H,5-6,10,15-16H2,1-4H3,(H,28,32)(H,29,33)/t17-,19+,20-,21-,22+,23+,24-/m0/s1. The van der Waals surface area contributed by atoms with Gasteiger partial charge in [0.2, 0.25) is 17.7 Å². The molecule has 1 aliphatic heterocycles. The Labute approximate surface area is 203 Å². The topological polar surface area (TPSA) is 98.7 Å². The second kappa shape index (κ2) is 11.6. The zero-order valence-corrected chi connectivity index (χ0v) is 20.7. The second-order valence-corrected chi connectivity index (χ2v) is 9.61. The van der Waals surface area contributed by atoms with Gasteiger partial charge in [-0.15, -0.1) is 0 Å². The Kier molecular flexibility index (Phi) is 8.89. The minimum absolute atomic E-state index is 0.00685. The molecule has 1 aromatic carbocycles. The number of fused-ring (bicyclic) bond motifs is 1. The molecule has 3 rings (SSSR count). The molecule has 34 heavy (non-hydrogen) atoms. The van der Waals surface area contributed by atoms with Crippen molar-refractivity contribution in [3.05, 3.63) is 48.0 Å². The number of nitrogens with one attached hydrogen (secondary N) is 2. The highest BCUT2D eigenvalue weighted by Gasteiger charge is 2.58. The van der Waals surface area contributed by atoms with Crippen molar-refractivity contribution in [3.63, 3.8) is 0 Å². The fourth-order valence-corrected chi connectivity index (χ4v) is 5.64. The predicted octanol–water partition coefficient (Wildman–Crippen LogP) is 2.50. The molecule has 0 bridgehead atoms. The maximum absolute atomic E-state index is 14.0. The van der Waals surface area contributed by atoms with Gasteiger partial charge in [0.05, 0.1) is 24.5 Å². The minimum Gasteiger partial charge on any atom is -0.394 e. The molecule has 1 fully saturated rings. The van der Waals surface area contributed by atoms with E-state index in [0.717, 1.165) is 24.8 Å². The maximum Gasteiger partial charge on any atom is 0.243 e. The van der Waals surface area contributed by atoms with Crippen molar-refractivity contribution in [2.75, 3.05) is 13.7 Å². The number of aliphatic hydroxyl groups excluding tert-OH is 1. The Balaban J connectivity index is 2.00. The summed E-state index contributed by atoms with van der Waals surface area (Å²) >= 11 is 0. The van der Waals surface area contributed by atoms with Crippen LogP contribution in [0.25, 0.3) is 0 Å². The third kappa shape index (κ3) is 5.04. The van der Waals surface area contributed by atoms with Crippen LogP contribution in [-0.2, 0) is 20.9 Å². The molecular weight excluding hydrogens is 430 g/mol. The summed E-state index contributed by atoms with van der Waals surface area (Å²) in [5.41, 5.74) is 0.967. The van der Waals surface area contributed by atoms with Crippen LogP contribution in [0.3, 0.4) is 0 Å². The molecule has 2 aliphatic rings. The number of benzene rings is 1. The summed E-state index contributed by atoms with van der Waals surface area (Å²) in [5.74, 6) is -2.24. The molecule has 1 aliphatic carbocycles. The van der Waals surface area contributed by atoms with E-state index in [1.54, 1.807) is 11.9 Å². The van der Waals surface area contributed by atoms with Crippen molar-refractivity contribution in [2.45, 2.75) is 58.7 Å². The number of carbonyl (C=O) groups excluding carboxylic acids is 3. The largest absolute Gasteiger partial charge is 0.394 e. The summed E-state index contributed by atoms with van der Waals surface area (Å²) in [6, 6.07) is 8.38. The van der Waals surface area contributed by atoms with Gasteiger partial charge in [0.25, 0.3) is 0 Å². The number of allylic oxidation sites excluding steroid dienone is 1. The fourth-order valence-electron chi connectivity index (χ4n) is 5.64. The van der Waals surface area contributed by atoms with Gasteiger partial charge < -0.3 is 20.6 Å². The lowest BCUT2D eigenvalue weighted by molar-refractivity contribution is -0.144. The van der Waals surface area contributed by atoms with E-state index in [2.05, 4.69) is 17.6 Å². The monoisotopic (exact) mass is 469 g/mol. The normalized spacial score (nSPS) is 27.7. The van der Waals surface area contributed by atoms with Crippen molar-refractivity contribution in [1.29, 1.82) is 0 Å². The van der Waals surface area contributed by atoms with Crippen molar-refractivity contribution < 1.29 is 19.5 Å². The Bertz CT molecular complexity index is 887. The lowest BCUT2D eigenvalue weighted by atomic mass is 9.68. The first kappa shape index (κ1) is 25.9. The quantitative estimate of drug-likeness (QED) is 0.459. The number of likely N-dealkylation sites (tertiary alicyclic amines) is 1. The van der Waals surface area contributed by atoms with Crippen molar-refractivity contribution in [2.24, 2.45) is 29.6 Å². The van der Waals surface area contributed by atoms with Crippen LogP contribution in [0.2, 0.25) is 0 Å². The predicted molar refractivity (Wildman–Crippen MR) is 131 cm³/mol. The summed E-state index contributed by atoms with van der Waals surface area (Å²) in [5, 5.41) is 16.0. The van der Waals surface area contributed by atoms with Gasteiger partial charge in [-0.25, -0.2) is 0 Å². The molecule has 1 saturated heterocycles. The van der Waals surface area contributed by atoms with Gasteiger partial charge in [-0.05, 0) is 23.8 Å². The number of aliphatic hydroxyl groups is 1. The number of hydrogen-bond acceptors (Lipinski definition) is 4. The number of carbonyl (C=O) groups is 3. The second-order valence-electron chi connectivity index (χ2n) is 9.61. The zero-order valence-electron chi connectivity index (χ0n) is 20.7. The van der Waals surface area contributed by atoms with Gasteiger partial charge in [-0.2, -0.15) is 0 Å². The molecule has 3 N–H and O–H groups in total. The Morgan fingerprint density at radius 1 is 1.12 bits per heavy atom. The SMILES string of the molecule is CCC[C@@H]1C=C[C@H]2[C@@H](C(=O)N([C@@H](CO)[C@@H](C)CC)[C@@H]2C(=O)NCc2ccccc2)[C@@H]1C(=O)NC. The van der Waals surface area contributed by atoms with Crippen molar-refractivity contribution in [1.82, 2.24) is 15.5 Å². The lowest BCUT2D eigenvalue weighted by Crippen LogP contribution is -2.54. The number of rotatable bonds is 10. The van der Waals surface area contributed by atoms with Gasteiger partial charge in [0, 0.05) is 19.5 Å². The van der Waals surface area contributed by atoms with Crippen LogP contribution in [-0.4, -0.2) is 53.5 Å². The van der Waals surface area contributed by atoms with E-state index in [4.69, 9.17) is 0 Å². The summed E-state index contributed by atoms with van der Waals surface area (Å²) < 4.78 is 0. The lowest BCUT2D eigenvalue weighted by Gasteiger charge is -2.36. The highest BCUT2D eigenvalue weighted by atomic mass is 16.3. The van der Waals surface area contributed by atoms with Crippen LogP contribution in [0, 0.1) is 29.6 Å². The Morgan fingerprint density at radius 2 is 1.82 bits per heavy atom. The van der Waals surface area contributed by atoms with Gasteiger partial charge in [-0.1, -0.05) is 76.1 Å². The van der Waals surface area contributed by atoms with Crippen LogP contribution < -0.4 is 10.6 Å². The number of hydrogen-bond donors (Lipinski definition) is 3. The third-order valence-corrected chi connectivity index (χ3v) is 7.64. The Morgan fingerprint density at radius 3 is 2.41 bits per heavy atom. The van der Waals surface area contributed by atoms with Crippen LogP contribution in [0.15, 0.2) is 42.5 Å². The highest BCUT2D eigenvalue weighted by Crippen LogP contribution is 2.46. The maximum atomic E-state index is 14.0. The van der Waals surface area contributed by atoms with Crippen LogP contribution in [0.4, 0.5) is 0 Å². The average molecular weight is 470 g/mol. The highest BCUT2D eigenvalue weighted by molar-refractivity contribution is 5.97. The van der Waals surface area contributed by atoms with Crippen LogP contribution in [0.5, 0.6) is 0 Å². The van der Waals surface area contributed by atoms with Crippen molar-refractivity contribution in [3.8, 4) is 0 Å². The summed E-state index contributed by atoms with van der Waals surface area (Å²) in [7, 11) is 1.59. The molecule has 3 amide bonds. The van der Waals surface area contributed by atoms with E-state index >= 15 is 0 Å². The first-order chi connectivity index (χ1) is 16.4. The summed E-state index contributed by atoms with van der Waals surface area (Å²) in [6.07, 6.45) is 6.45. The van der Waals surface area contributed by atoms with Crippen molar-refractivity contribution >= 4 is 17.7 Å². The zero-order chi connectivity index (χ0) is 24.8. The van der Waals surface area contributed by atoms with E-state index < -0.39 is 29.8 Å². The smallest absolute Gasteiger partial charge is 0.243 e. The molecule has 1 heterocycles. The average Bonchev–Trinajstić information content (AvgIpc) is 3.15. The molecule has 7 heteroatoms. The molecule has 7 nitrogen and oxygen atoms in total. The molecule has 1 aromatic rings. The van der Waals surface area contributed by atoms with E-state index in [1.165, 1.54) is 0 Å². The van der Waals surface area contributed by atoms with Crippen LogP contribution >= 0.6 is 0 Å². The van der Waals surface area contributed by atoms with Gasteiger partial charge in [-0.3, -0.25) is 14.4 Å². The Hall–Kier alpha value is -2.67.